The first-order valence-electron chi connectivity index (χ1n) is 7.39. The molecule has 21 heavy (non-hydrogen) atoms. The van der Waals surface area contributed by atoms with Gasteiger partial charge in [-0.15, -0.1) is 11.3 Å². The first kappa shape index (κ1) is 14.3. The lowest BCUT2D eigenvalue weighted by Crippen LogP contribution is -2.19. The van der Waals surface area contributed by atoms with Gasteiger partial charge < -0.3 is 5.32 Å². The van der Waals surface area contributed by atoms with Gasteiger partial charge in [-0.1, -0.05) is 19.8 Å². The molecule has 1 aromatic heterocycles. The zero-order valence-corrected chi connectivity index (χ0v) is 13.1. The van der Waals surface area contributed by atoms with Crippen molar-refractivity contribution in [1.29, 1.82) is 0 Å². The third-order valence-electron chi connectivity index (χ3n) is 3.98. The summed E-state index contributed by atoms with van der Waals surface area (Å²) in [5.41, 5.74) is 1.59. The highest BCUT2D eigenvalue weighted by atomic mass is 32.1. The lowest BCUT2D eigenvalue weighted by atomic mass is 10.1. The molecule has 1 heterocycles. The third kappa shape index (κ3) is 3.15. The van der Waals surface area contributed by atoms with Crippen molar-refractivity contribution in [3.63, 3.8) is 0 Å². The molecule has 0 spiro atoms. The Balaban J connectivity index is 1.93. The number of fused-ring (bicyclic) bond motifs is 1. The summed E-state index contributed by atoms with van der Waals surface area (Å²) < 4.78 is 0.875. The molecule has 0 aliphatic heterocycles. The van der Waals surface area contributed by atoms with E-state index in [1.807, 2.05) is 13.0 Å². The Morgan fingerprint density at radius 1 is 1.52 bits per heavy atom. The number of thiazole rings is 1. The van der Waals surface area contributed by atoms with Gasteiger partial charge in [0.05, 0.1) is 20.1 Å². The molecule has 2 aromatic rings. The molecule has 0 amide bonds. The molecule has 112 valence electrons. The molecule has 1 saturated carbocycles. The monoisotopic (exact) mass is 305 g/mol. The second-order valence-corrected chi connectivity index (χ2v) is 6.99. The first-order valence-corrected chi connectivity index (χ1v) is 8.20. The van der Waals surface area contributed by atoms with Crippen LogP contribution in [0.1, 0.15) is 37.6 Å². The van der Waals surface area contributed by atoms with Gasteiger partial charge in [0.1, 0.15) is 5.69 Å². The van der Waals surface area contributed by atoms with Crippen molar-refractivity contribution in [2.75, 3.05) is 5.32 Å². The van der Waals surface area contributed by atoms with Crippen LogP contribution < -0.4 is 5.32 Å². The zero-order chi connectivity index (χ0) is 15.0. The van der Waals surface area contributed by atoms with Gasteiger partial charge in [0.25, 0.3) is 5.69 Å². The molecule has 1 unspecified atom stereocenters. The van der Waals surface area contributed by atoms with Gasteiger partial charge in [0, 0.05) is 12.1 Å². The number of nitro groups is 1. The lowest BCUT2D eigenvalue weighted by Gasteiger charge is -2.18. The van der Waals surface area contributed by atoms with Crippen molar-refractivity contribution >= 4 is 32.9 Å². The van der Waals surface area contributed by atoms with E-state index in [1.54, 1.807) is 6.07 Å². The highest BCUT2D eigenvalue weighted by Crippen LogP contribution is 2.37. The van der Waals surface area contributed by atoms with E-state index >= 15 is 0 Å². The molecule has 1 N–H and O–H groups in total. The van der Waals surface area contributed by atoms with Crippen molar-refractivity contribution in [3.8, 4) is 0 Å². The maximum atomic E-state index is 11.3. The van der Waals surface area contributed by atoms with Crippen LogP contribution in [0.4, 0.5) is 11.4 Å². The number of hydrogen-bond donors (Lipinski definition) is 1. The number of aryl methyl sites for hydroxylation is 1. The van der Waals surface area contributed by atoms with Gasteiger partial charge in [-0.2, -0.15) is 0 Å². The highest BCUT2D eigenvalue weighted by molar-refractivity contribution is 7.18. The van der Waals surface area contributed by atoms with E-state index in [0.29, 0.717) is 11.7 Å². The second-order valence-electron chi connectivity index (χ2n) is 5.76. The van der Waals surface area contributed by atoms with Gasteiger partial charge in [0.15, 0.2) is 0 Å². The van der Waals surface area contributed by atoms with E-state index in [0.717, 1.165) is 34.0 Å². The van der Waals surface area contributed by atoms with Crippen molar-refractivity contribution in [1.82, 2.24) is 4.98 Å². The molecule has 1 aliphatic carbocycles. The van der Waals surface area contributed by atoms with Crippen molar-refractivity contribution in [2.45, 2.75) is 45.6 Å². The Morgan fingerprint density at radius 3 is 2.90 bits per heavy atom. The normalized spacial score (nSPS) is 16.1. The van der Waals surface area contributed by atoms with E-state index < -0.39 is 0 Å². The predicted octanol–water partition coefficient (Wildman–Crippen LogP) is 4.50. The summed E-state index contributed by atoms with van der Waals surface area (Å²) in [6.45, 7) is 4.04. The number of nitro benzene ring substituents is 1. The van der Waals surface area contributed by atoms with E-state index in [2.05, 4.69) is 17.2 Å². The number of benzene rings is 1. The predicted molar refractivity (Wildman–Crippen MR) is 86.1 cm³/mol. The van der Waals surface area contributed by atoms with Gasteiger partial charge >= 0.3 is 0 Å². The summed E-state index contributed by atoms with van der Waals surface area (Å²) in [5.74, 6) is 0.798. The van der Waals surface area contributed by atoms with Gasteiger partial charge in [0.2, 0.25) is 0 Å². The smallest absolute Gasteiger partial charge is 0.293 e. The fourth-order valence-electron chi connectivity index (χ4n) is 2.65. The van der Waals surface area contributed by atoms with E-state index in [9.17, 15) is 10.1 Å². The van der Waals surface area contributed by atoms with Crippen LogP contribution in [-0.4, -0.2) is 15.9 Å². The molecule has 0 saturated heterocycles. The van der Waals surface area contributed by atoms with Crippen LogP contribution in [0.3, 0.4) is 0 Å². The summed E-state index contributed by atoms with van der Waals surface area (Å²) in [5, 5.41) is 15.6. The Morgan fingerprint density at radius 2 is 2.29 bits per heavy atom. The van der Waals surface area contributed by atoms with Crippen LogP contribution in [0.15, 0.2) is 12.1 Å². The van der Waals surface area contributed by atoms with Crippen molar-refractivity contribution < 1.29 is 4.92 Å². The first-order chi connectivity index (χ1) is 10.1. The molecular weight excluding hydrogens is 286 g/mol. The molecule has 1 fully saturated rings. The highest BCUT2D eigenvalue weighted by Gasteiger charge is 2.26. The molecule has 1 aliphatic rings. The van der Waals surface area contributed by atoms with E-state index in [4.69, 9.17) is 0 Å². The number of hydrogen-bond acceptors (Lipinski definition) is 5. The molecule has 1 aromatic carbocycles. The molecule has 0 radical (unpaired) electrons. The number of rotatable bonds is 6. The van der Waals surface area contributed by atoms with Crippen molar-refractivity contribution in [2.24, 2.45) is 5.92 Å². The molecule has 1 atom stereocenters. The largest absolute Gasteiger partial charge is 0.377 e. The maximum Gasteiger partial charge on any atom is 0.293 e. The Labute approximate surface area is 127 Å². The van der Waals surface area contributed by atoms with Crippen LogP contribution in [-0.2, 0) is 0 Å². The minimum Gasteiger partial charge on any atom is -0.377 e. The van der Waals surface area contributed by atoms with E-state index in [1.165, 1.54) is 24.2 Å². The van der Waals surface area contributed by atoms with Crippen LogP contribution in [0.25, 0.3) is 10.2 Å². The summed E-state index contributed by atoms with van der Waals surface area (Å²) in [4.78, 5) is 15.5. The lowest BCUT2D eigenvalue weighted by molar-refractivity contribution is -0.383. The Hall–Kier alpha value is -1.69. The molecule has 6 heteroatoms. The SMILES string of the molecule is CCC(CC1CC1)Nc1cc2nc(C)sc2cc1[N+](=O)[O-]. The van der Waals surface area contributed by atoms with Gasteiger partial charge in [-0.3, -0.25) is 10.1 Å². The summed E-state index contributed by atoms with van der Waals surface area (Å²) >= 11 is 1.49. The van der Waals surface area contributed by atoms with Crippen LogP contribution in [0.2, 0.25) is 0 Å². The van der Waals surface area contributed by atoms with Crippen LogP contribution >= 0.6 is 11.3 Å². The van der Waals surface area contributed by atoms with Gasteiger partial charge in [-0.25, -0.2) is 4.98 Å². The van der Waals surface area contributed by atoms with Crippen LogP contribution in [0, 0.1) is 23.0 Å². The fourth-order valence-corrected chi connectivity index (χ4v) is 3.49. The average Bonchev–Trinajstić information content (AvgIpc) is 3.17. The average molecular weight is 305 g/mol. The third-order valence-corrected chi connectivity index (χ3v) is 4.91. The van der Waals surface area contributed by atoms with Gasteiger partial charge in [-0.05, 0) is 31.7 Å². The summed E-state index contributed by atoms with van der Waals surface area (Å²) in [6.07, 6.45) is 4.67. The Bertz CT molecular complexity index is 679. The fraction of sp³-hybridized carbons (Fsp3) is 0.533. The Kier molecular flexibility index (Phi) is 3.80. The molecular formula is C15H19N3O2S. The molecule has 3 rings (SSSR count). The maximum absolute atomic E-state index is 11.3. The number of nitrogens with zero attached hydrogens (tertiary/aromatic N) is 2. The quantitative estimate of drug-likeness (QED) is 0.630. The summed E-state index contributed by atoms with van der Waals surface area (Å²) in [6, 6.07) is 3.77. The van der Waals surface area contributed by atoms with E-state index in [-0.39, 0.29) is 10.6 Å². The minimum atomic E-state index is -0.305. The second kappa shape index (κ2) is 5.60. The van der Waals surface area contributed by atoms with Crippen LogP contribution in [0.5, 0.6) is 0 Å². The topological polar surface area (TPSA) is 68.1 Å². The minimum absolute atomic E-state index is 0.153. The number of nitrogens with one attached hydrogen (secondary N) is 1. The molecule has 5 nitrogen and oxygen atoms in total. The van der Waals surface area contributed by atoms with Crippen molar-refractivity contribution in [3.05, 3.63) is 27.3 Å². The zero-order valence-electron chi connectivity index (χ0n) is 12.3. The molecule has 0 bridgehead atoms. The standard InChI is InChI=1S/C15H19N3O2S/c1-3-11(6-10-4-5-10)17-12-7-13-15(21-9(2)16-13)8-14(12)18(19)20/h7-8,10-11,17H,3-6H2,1-2H3. The number of aromatic nitrogens is 1. The summed E-state index contributed by atoms with van der Waals surface area (Å²) in [7, 11) is 0. The number of anilines is 1.